The fourth-order valence-corrected chi connectivity index (χ4v) is 3.63. The summed E-state index contributed by atoms with van der Waals surface area (Å²) in [6.07, 6.45) is 2.23. The molecule has 2 aliphatic heterocycles. The van der Waals surface area contributed by atoms with Crippen molar-refractivity contribution in [1.82, 2.24) is 4.90 Å². The maximum atomic E-state index is 13.4. The molecule has 0 bridgehead atoms. The number of nitrogens with zero attached hydrogens (tertiary/aromatic N) is 1. The van der Waals surface area contributed by atoms with Crippen molar-refractivity contribution < 1.29 is 18.6 Å². The van der Waals surface area contributed by atoms with Gasteiger partial charge >= 0.3 is 0 Å². The Labute approximate surface area is 152 Å². The molecule has 0 aliphatic carbocycles. The van der Waals surface area contributed by atoms with E-state index in [0.717, 1.165) is 55.2 Å². The molecule has 0 radical (unpaired) electrons. The summed E-state index contributed by atoms with van der Waals surface area (Å²) in [6, 6.07) is 11.1. The zero-order chi connectivity index (χ0) is 17.9. The van der Waals surface area contributed by atoms with E-state index in [9.17, 15) is 4.39 Å². The van der Waals surface area contributed by atoms with Crippen molar-refractivity contribution in [2.24, 2.45) is 0 Å². The molecule has 1 saturated heterocycles. The highest BCUT2D eigenvalue weighted by Gasteiger charge is 2.22. The van der Waals surface area contributed by atoms with Gasteiger partial charge in [-0.05, 0) is 37.6 Å². The molecule has 2 aromatic carbocycles. The smallest absolute Gasteiger partial charge is 0.231 e. The van der Waals surface area contributed by atoms with Gasteiger partial charge in [0, 0.05) is 42.5 Å². The highest BCUT2D eigenvalue weighted by atomic mass is 19.1. The Balaban J connectivity index is 1.40. The third-order valence-corrected chi connectivity index (χ3v) is 4.89. The van der Waals surface area contributed by atoms with E-state index >= 15 is 0 Å². The topological polar surface area (TPSA) is 43.0 Å². The Bertz CT molecular complexity index is 784. The van der Waals surface area contributed by atoms with Crippen molar-refractivity contribution >= 4 is 5.69 Å². The molecule has 0 spiro atoms. The van der Waals surface area contributed by atoms with Crippen LogP contribution in [0.3, 0.4) is 0 Å². The summed E-state index contributed by atoms with van der Waals surface area (Å²) in [5, 5.41) is 3.60. The molecule has 1 unspecified atom stereocenters. The van der Waals surface area contributed by atoms with E-state index in [1.165, 1.54) is 12.1 Å². The minimum atomic E-state index is -0.272. The molecule has 6 heteroatoms. The largest absolute Gasteiger partial charge is 0.496 e. The van der Waals surface area contributed by atoms with Crippen molar-refractivity contribution in [3.05, 3.63) is 47.8 Å². The fourth-order valence-electron chi connectivity index (χ4n) is 3.63. The number of hydrogen-bond acceptors (Lipinski definition) is 5. The summed E-state index contributed by atoms with van der Waals surface area (Å²) in [4.78, 5) is 2.38. The van der Waals surface area contributed by atoms with E-state index in [1.54, 1.807) is 7.11 Å². The lowest BCUT2D eigenvalue weighted by atomic mass is 10.0. The third kappa shape index (κ3) is 3.70. The molecule has 2 aromatic rings. The summed E-state index contributed by atoms with van der Waals surface area (Å²) >= 11 is 0. The zero-order valence-corrected chi connectivity index (χ0v) is 14.8. The number of piperidine rings is 1. The predicted octanol–water partition coefficient (Wildman–Crippen LogP) is 3.64. The Morgan fingerprint density at radius 2 is 2.08 bits per heavy atom. The fraction of sp³-hybridized carbons (Fsp3) is 0.400. The molecule has 2 heterocycles. The lowest BCUT2D eigenvalue weighted by Gasteiger charge is -2.34. The lowest BCUT2D eigenvalue weighted by Crippen LogP contribution is -2.41. The van der Waals surface area contributed by atoms with Gasteiger partial charge in [0.05, 0.1) is 7.11 Å². The van der Waals surface area contributed by atoms with Gasteiger partial charge in [-0.25, -0.2) is 4.39 Å². The van der Waals surface area contributed by atoms with E-state index < -0.39 is 0 Å². The van der Waals surface area contributed by atoms with Crippen molar-refractivity contribution in [3.63, 3.8) is 0 Å². The van der Waals surface area contributed by atoms with Crippen LogP contribution in [0, 0.1) is 5.82 Å². The van der Waals surface area contributed by atoms with E-state index in [1.807, 2.05) is 24.3 Å². The van der Waals surface area contributed by atoms with Gasteiger partial charge in [-0.2, -0.15) is 0 Å². The third-order valence-electron chi connectivity index (χ3n) is 4.89. The molecule has 1 N–H and O–H groups in total. The van der Waals surface area contributed by atoms with Crippen LogP contribution in [0.25, 0.3) is 0 Å². The molecule has 0 amide bonds. The van der Waals surface area contributed by atoms with Gasteiger partial charge in [0.1, 0.15) is 11.6 Å². The molecule has 0 saturated carbocycles. The Morgan fingerprint density at radius 3 is 2.96 bits per heavy atom. The molecule has 1 fully saturated rings. The molecule has 1 atom stereocenters. The van der Waals surface area contributed by atoms with E-state index in [2.05, 4.69) is 10.2 Å². The quantitative estimate of drug-likeness (QED) is 0.884. The lowest BCUT2D eigenvalue weighted by molar-refractivity contribution is 0.174. The van der Waals surface area contributed by atoms with Gasteiger partial charge in [0.15, 0.2) is 11.5 Å². The van der Waals surface area contributed by atoms with Crippen molar-refractivity contribution in [3.8, 4) is 17.2 Å². The number of nitrogens with one attached hydrogen (secondary N) is 1. The molecule has 138 valence electrons. The summed E-state index contributed by atoms with van der Waals surface area (Å²) < 4.78 is 29.5. The van der Waals surface area contributed by atoms with Gasteiger partial charge in [-0.3, -0.25) is 4.90 Å². The minimum Gasteiger partial charge on any atom is -0.496 e. The second-order valence-corrected chi connectivity index (χ2v) is 6.74. The average molecular weight is 358 g/mol. The van der Waals surface area contributed by atoms with Crippen LogP contribution in [0.2, 0.25) is 0 Å². The first-order valence-electron chi connectivity index (χ1n) is 8.92. The molecule has 26 heavy (non-hydrogen) atoms. The number of rotatable bonds is 5. The molecule has 5 nitrogen and oxygen atoms in total. The number of anilines is 1. The van der Waals surface area contributed by atoms with Gasteiger partial charge in [-0.15, -0.1) is 0 Å². The molecule has 2 aliphatic rings. The SMILES string of the molecule is COc1cc(F)ccc1CN1CCCC(Nc2ccc3c(c2)OCO3)C1. The monoisotopic (exact) mass is 358 g/mol. The molecular weight excluding hydrogens is 335 g/mol. The first-order valence-corrected chi connectivity index (χ1v) is 8.92. The summed E-state index contributed by atoms with van der Waals surface area (Å²) in [5.41, 5.74) is 2.05. The van der Waals surface area contributed by atoms with Crippen LogP contribution in [-0.4, -0.2) is 37.9 Å². The van der Waals surface area contributed by atoms with Gasteiger partial charge in [-0.1, -0.05) is 6.07 Å². The maximum absolute atomic E-state index is 13.4. The van der Waals surface area contributed by atoms with Crippen LogP contribution in [0.5, 0.6) is 17.2 Å². The van der Waals surface area contributed by atoms with Gasteiger partial charge in [0.25, 0.3) is 0 Å². The highest BCUT2D eigenvalue weighted by molar-refractivity contribution is 5.56. The van der Waals surface area contributed by atoms with Crippen molar-refractivity contribution in [2.45, 2.75) is 25.4 Å². The molecule has 0 aromatic heterocycles. The Hall–Kier alpha value is -2.47. The van der Waals surface area contributed by atoms with Crippen molar-refractivity contribution in [2.75, 3.05) is 32.3 Å². The second kappa shape index (κ2) is 7.41. The summed E-state index contributed by atoms with van der Waals surface area (Å²) in [7, 11) is 1.58. The van der Waals surface area contributed by atoms with Crippen LogP contribution in [0.1, 0.15) is 18.4 Å². The summed E-state index contributed by atoms with van der Waals surface area (Å²) in [6.45, 7) is 2.99. The number of halogens is 1. The van der Waals surface area contributed by atoms with E-state index in [-0.39, 0.29) is 12.6 Å². The number of fused-ring (bicyclic) bond motifs is 1. The molecular formula is C20H23FN2O3. The van der Waals surface area contributed by atoms with E-state index in [4.69, 9.17) is 14.2 Å². The number of hydrogen-bond donors (Lipinski definition) is 1. The van der Waals surface area contributed by atoms with Crippen molar-refractivity contribution in [1.29, 1.82) is 0 Å². The van der Waals surface area contributed by atoms with E-state index in [0.29, 0.717) is 11.8 Å². The standard InChI is InChI=1S/C20H23FN2O3/c1-24-19-9-15(21)5-4-14(19)11-23-8-2-3-17(12-23)22-16-6-7-18-20(10-16)26-13-25-18/h4-7,9-10,17,22H,2-3,8,11-13H2,1H3. The average Bonchev–Trinajstić information content (AvgIpc) is 3.11. The number of benzene rings is 2. The zero-order valence-electron chi connectivity index (χ0n) is 14.8. The van der Waals surface area contributed by atoms with Crippen LogP contribution >= 0.6 is 0 Å². The van der Waals surface area contributed by atoms with Gasteiger partial charge in [0.2, 0.25) is 6.79 Å². The number of likely N-dealkylation sites (tertiary alicyclic amines) is 1. The van der Waals surface area contributed by atoms with Crippen LogP contribution in [0.15, 0.2) is 36.4 Å². The highest BCUT2D eigenvalue weighted by Crippen LogP contribution is 2.34. The Kier molecular flexibility index (Phi) is 4.84. The van der Waals surface area contributed by atoms with Crippen LogP contribution in [-0.2, 0) is 6.54 Å². The number of methoxy groups -OCH3 is 1. The normalized spacial score (nSPS) is 19.4. The predicted molar refractivity (Wildman–Crippen MR) is 97.4 cm³/mol. The first kappa shape index (κ1) is 17.0. The van der Waals surface area contributed by atoms with Crippen LogP contribution < -0.4 is 19.5 Å². The summed E-state index contributed by atoms with van der Waals surface area (Å²) in [5.74, 6) is 1.92. The Morgan fingerprint density at radius 1 is 1.19 bits per heavy atom. The first-order chi connectivity index (χ1) is 12.7. The van der Waals surface area contributed by atoms with Crippen LogP contribution in [0.4, 0.5) is 10.1 Å². The number of ether oxygens (including phenoxy) is 3. The molecule has 4 rings (SSSR count). The maximum Gasteiger partial charge on any atom is 0.231 e. The van der Waals surface area contributed by atoms with Gasteiger partial charge < -0.3 is 19.5 Å². The minimum absolute atomic E-state index is 0.272. The second-order valence-electron chi connectivity index (χ2n) is 6.74.